The zero-order chi connectivity index (χ0) is 22.1. The van der Waals surface area contributed by atoms with Gasteiger partial charge < -0.3 is 14.0 Å². The molecule has 1 aromatic carbocycles. The minimum absolute atomic E-state index is 0.120. The number of aryl methyl sites for hydroxylation is 1. The maximum atomic E-state index is 12.8. The third kappa shape index (κ3) is 4.40. The number of nitrogens with zero attached hydrogens (tertiary/aromatic N) is 4. The van der Waals surface area contributed by atoms with Gasteiger partial charge in [0.05, 0.1) is 0 Å². The van der Waals surface area contributed by atoms with E-state index in [0.717, 1.165) is 11.0 Å². The first kappa shape index (κ1) is 21.6. The minimum Gasteiger partial charge on any atom is -0.406 e. The Morgan fingerprint density at radius 3 is 2.33 bits per heavy atom. The molecule has 3 rings (SSSR count). The number of hydrogen-bond donors (Lipinski definition) is 0. The first-order chi connectivity index (χ1) is 14.1. The smallest absolute Gasteiger partial charge is 0.406 e. The fraction of sp³-hybridized carbons (Fsp3) is 0.421. The highest BCUT2D eigenvalue weighted by Crippen LogP contribution is 2.23. The Balaban J connectivity index is 2.05. The number of aromatic nitrogens is 4. The number of hydrogen-bond acceptors (Lipinski definition) is 5. The van der Waals surface area contributed by atoms with E-state index in [9.17, 15) is 22.8 Å². The number of ether oxygens (including phenoxy) is 2. The van der Waals surface area contributed by atoms with Crippen molar-refractivity contribution < 1.29 is 22.6 Å². The number of halogens is 3. The second kappa shape index (κ2) is 8.34. The van der Waals surface area contributed by atoms with Crippen molar-refractivity contribution in [3.8, 4) is 5.75 Å². The van der Waals surface area contributed by atoms with Crippen molar-refractivity contribution in [2.75, 3.05) is 6.61 Å². The van der Waals surface area contributed by atoms with Gasteiger partial charge in [0.25, 0.3) is 5.56 Å². The van der Waals surface area contributed by atoms with Gasteiger partial charge in [-0.05, 0) is 24.1 Å². The van der Waals surface area contributed by atoms with Crippen LogP contribution < -0.4 is 16.0 Å². The molecule has 0 unspecified atom stereocenters. The molecule has 0 saturated carbocycles. The molecule has 0 amide bonds. The van der Waals surface area contributed by atoms with Crippen LogP contribution in [0.25, 0.3) is 11.2 Å². The molecule has 30 heavy (non-hydrogen) atoms. The number of rotatable bonds is 7. The van der Waals surface area contributed by atoms with Gasteiger partial charge in [-0.2, -0.15) is 0 Å². The summed E-state index contributed by atoms with van der Waals surface area (Å²) < 4.78 is 50.4. The number of alkyl halides is 3. The zero-order valence-corrected chi connectivity index (χ0v) is 16.7. The summed E-state index contributed by atoms with van der Waals surface area (Å²) in [5.74, 6) is 0.0962. The SMILES string of the molecule is CCCOCc1nc2c(c(=O)n(C)c(=O)n2C)n1Cc1ccc(OC(F)(F)F)cc1. The Morgan fingerprint density at radius 1 is 1.07 bits per heavy atom. The molecule has 0 radical (unpaired) electrons. The molecule has 2 aromatic heterocycles. The van der Waals surface area contributed by atoms with Crippen LogP contribution in [-0.2, 0) is 32.0 Å². The molecule has 2 heterocycles. The van der Waals surface area contributed by atoms with Gasteiger partial charge in [-0.1, -0.05) is 19.1 Å². The summed E-state index contributed by atoms with van der Waals surface area (Å²) in [6.45, 7) is 2.72. The average Bonchev–Trinajstić information content (AvgIpc) is 3.04. The highest BCUT2D eigenvalue weighted by Gasteiger charge is 2.31. The van der Waals surface area contributed by atoms with Crippen molar-refractivity contribution in [1.29, 1.82) is 0 Å². The lowest BCUT2D eigenvalue weighted by Gasteiger charge is -2.12. The van der Waals surface area contributed by atoms with Crippen LogP contribution in [0.5, 0.6) is 5.75 Å². The van der Waals surface area contributed by atoms with Crippen molar-refractivity contribution in [3.05, 3.63) is 56.5 Å². The van der Waals surface area contributed by atoms with E-state index in [1.807, 2.05) is 6.92 Å². The van der Waals surface area contributed by atoms with Crippen LogP contribution in [0.2, 0.25) is 0 Å². The Bertz CT molecular complexity index is 1160. The monoisotopic (exact) mass is 426 g/mol. The summed E-state index contributed by atoms with van der Waals surface area (Å²) in [7, 11) is 2.89. The highest BCUT2D eigenvalue weighted by molar-refractivity contribution is 5.71. The average molecular weight is 426 g/mol. The summed E-state index contributed by atoms with van der Waals surface area (Å²) in [6, 6.07) is 5.33. The topological polar surface area (TPSA) is 80.3 Å². The van der Waals surface area contributed by atoms with E-state index in [1.165, 1.54) is 42.9 Å². The van der Waals surface area contributed by atoms with E-state index in [0.29, 0.717) is 18.0 Å². The van der Waals surface area contributed by atoms with Crippen molar-refractivity contribution in [3.63, 3.8) is 0 Å². The fourth-order valence-corrected chi connectivity index (χ4v) is 3.06. The summed E-state index contributed by atoms with van der Waals surface area (Å²) >= 11 is 0. The second-order valence-electron chi connectivity index (χ2n) is 6.74. The molecule has 3 aromatic rings. The van der Waals surface area contributed by atoms with E-state index in [4.69, 9.17) is 4.74 Å². The lowest BCUT2D eigenvalue weighted by Crippen LogP contribution is -2.37. The standard InChI is InChI=1S/C19H21F3N4O4/c1-4-9-29-11-14-23-16-15(17(27)25(3)18(28)24(16)2)26(14)10-12-5-7-13(8-6-12)30-19(20,21)22/h5-8H,4,9-11H2,1-3H3. The molecule has 0 aliphatic carbocycles. The second-order valence-corrected chi connectivity index (χ2v) is 6.74. The van der Waals surface area contributed by atoms with Crippen molar-refractivity contribution in [2.45, 2.75) is 32.9 Å². The number of imidazole rings is 1. The van der Waals surface area contributed by atoms with Gasteiger partial charge in [0, 0.05) is 27.2 Å². The van der Waals surface area contributed by atoms with Crippen LogP contribution in [0.3, 0.4) is 0 Å². The molecule has 0 saturated heterocycles. The molecule has 0 spiro atoms. The Hall–Kier alpha value is -3.08. The van der Waals surface area contributed by atoms with Crippen LogP contribution in [-0.4, -0.2) is 31.7 Å². The minimum atomic E-state index is -4.77. The van der Waals surface area contributed by atoms with Gasteiger partial charge in [-0.15, -0.1) is 13.2 Å². The molecule has 0 fully saturated rings. The molecule has 162 valence electrons. The summed E-state index contributed by atoms with van der Waals surface area (Å²) in [4.78, 5) is 29.4. The van der Waals surface area contributed by atoms with E-state index in [-0.39, 0.29) is 30.1 Å². The molecule has 0 atom stereocenters. The predicted molar refractivity (Wildman–Crippen MR) is 102 cm³/mol. The lowest BCUT2D eigenvalue weighted by atomic mass is 10.2. The van der Waals surface area contributed by atoms with Crippen molar-refractivity contribution >= 4 is 11.2 Å². The van der Waals surface area contributed by atoms with Crippen LogP contribution in [0.1, 0.15) is 24.7 Å². The molecule has 11 heteroatoms. The van der Waals surface area contributed by atoms with Gasteiger partial charge in [-0.25, -0.2) is 9.78 Å². The van der Waals surface area contributed by atoms with Crippen LogP contribution in [0, 0.1) is 0 Å². The van der Waals surface area contributed by atoms with Crippen LogP contribution in [0.15, 0.2) is 33.9 Å². The van der Waals surface area contributed by atoms with Gasteiger partial charge in [-0.3, -0.25) is 13.9 Å². The van der Waals surface area contributed by atoms with Crippen molar-refractivity contribution in [1.82, 2.24) is 18.7 Å². The molecular formula is C19H21F3N4O4. The maximum absolute atomic E-state index is 12.8. The fourth-order valence-electron chi connectivity index (χ4n) is 3.06. The molecule has 0 bridgehead atoms. The highest BCUT2D eigenvalue weighted by atomic mass is 19.4. The molecule has 8 nitrogen and oxygen atoms in total. The number of fused-ring (bicyclic) bond motifs is 1. The lowest BCUT2D eigenvalue weighted by molar-refractivity contribution is -0.274. The zero-order valence-electron chi connectivity index (χ0n) is 16.7. The normalized spacial score (nSPS) is 11.9. The van der Waals surface area contributed by atoms with Crippen molar-refractivity contribution in [2.24, 2.45) is 14.1 Å². The Morgan fingerprint density at radius 2 is 1.73 bits per heavy atom. The van der Waals surface area contributed by atoms with E-state index in [1.54, 1.807) is 4.57 Å². The maximum Gasteiger partial charge on any atom is 0.573 e. The largest absolute Gasteiger partial charge is 0.573 e. The first-order valence-electron chi connectivity index (χ1n) is 9.20. The third-order valence-electron chi connectivity index (χ3n) is 4.50. The van der Waals surface area contributed by atoms with E-state index < -0.39 is 17.6 Å². The molecule has 0 aliphatic rings. The molecule has 0 N–H and O–H groups in total. The summed E-state index contributed by atoms with van der Waals surface area (Å²) in [6.07, 6.45) is -3.98. The van der Waals surface area contributed by atoms with Crippen LogP contribution in [0.4, 0.5) is 13.2 Å². The van der Waals surface area contributed by atoms with Gasteiger partial charge in [0.15, 0.2) is 11.2 Å². The van der Waals surface area contributed by atoms with E-state index >= 15 is 0 Å². The van der Waals surface area contributed by atoms with Gasteiger partial charge >= 0.3 is 12.1 Å². The van der Waals surface area contributed by atoms with Gasteiger partial charge in [0.2, 0.25) is 0 Å². The third-order valence-corrected chi connectivity index (χ3v) is 4.50. The quantitative estimate of drug-likeness (QED) is 0.542. The molecule has 0 aliphatic heterocycles. The first-order valence-corrected chi connectivity index (χ1v) is 9.20. The summed E-state index contributed by atoms with van der Waals surface area (Å²) in [5.41, 5.74) is 0.0307. The van der Waals surface area contributed by atoms with E-state index in [2.05, 4.69) is 9.72 Å². The number of benzene rings is 1. The Kier molecular flexibility index (Phi) is 6.01. The Labute approximate surface area is 169 Å². The van der Waals surface area contributed by atoms with Crippen LogP contribution >= 0.6 is 0 Å². The predicted octanol–water partition coefficient (Wildman–Crippen LogP) is 2.31. The summed E-state index contributed by atoms with van der Waals surface area (Å²) in [5, 5.41) is 0. The van der Waals surface area contributed by atoms with Gasteiger partial charge in [0.1, 0.15) is 18.2 Å². The molecular weight excluding hydrogens is 405 g/mol.